The zero-order chi connectivity index (χ0) is 19.7. The lowest BCUT2D eigenvalue weighted by molar-refractivity contribution is -0.130. The first-order chi connectivity index (χ1) is 13.6. The Hall–Kier alpha value is -3.48. The van der Waals surface area contributed by atoms with E-state index in [2.05, 4.69) is 10.2 Å². The Kier molecular flexibility index (Phi) is 4.65. The van der Waals surface area contributed by atoms with Gasteiger partial charge < -0.3 is 9.80 Å². The predicted molar refractivity (Wildman–Crippen MR) is 104 cm³/mol. The molecule has 2 amide bonds. The number of nitrogens with one attached hydrogen (secondary N) is 1. The van der Waals surface area contributed by atoms with Gasteiger partial charge in [0.05, 0.1) is 5.52 Å². The summed E-state index contributed by atoms with van der Waals surface area (Å²) in [6, 6.07) is 16.0. The van der Waals surface area contributed by atoms with E-state index < -0.39 is 11.7 Å². The quantitative estimate of drug-likeness (QED) is 0.560. The lowest BCUT2D eigenvalue weighted by Crippen LogP contribution is -2.56. The first-order valence-electron chi connectivity index (χ1n) is 9.19. The molecular weight excluding hydrogens is 356 g/mol. The molecule has 142 valence electrons. The van der Waals surface area contributed by atoms with Crippen LogP contribution in [0.4, 0.5) is 0 Å². The van der Waals surface area contributed by atoms with E-state index in [1.807, 2.05) is 31.2 Å². The molecular formula is C21H20N4O3. The predicted octanol–water partition coefficient (Wildman–Crippen LogP) is 2.12. The summed E-state index contributed by atoms with van der Waals surface area (Å²) in [5.74, 6) is -1.28. The van der Waals surface area contributed by atoms with Crippen molar-refractivity contribution < 1.29 is 14.4 Å². The number of H-pyrrole nitrogens is 1. The molecule has 7 heteroatoms. The van der Waals surface area contributed by atoms with Gasteiger partial charge in [0.1, 0.15) is 5.69 Å². The van der Waals surface area contributed by atoms with E-state index in [9.17, 15) is 14.4 Å². The van der Waals surface area contributed by atoms with E-state index in [1.165, 1.54) is 4.90 Å². The standard InChI is InChI=1S/C21H20N4O3/c1-14-13-24(20(27)15-7-3-2-4-8-15)11-12-25(14)21(28)19(26)18-16-9-5-6-10-17(16)22-23-18/h2-10,14H,11-13H2,1H3,(H,22,23)/t14-/m1/s1. The lowest BCUT2D eigenvalue weighted by atomic mass is 10.1. The van der Waals surface area contributed by atoms with Crippen molar-refractivity contribution in [3.63, 3.8) is 0 Å². The maximum absolute atomic E-state index is 12.8. The molecule has 0 unspecified atom stereocenters. The van der Waals surface area contributed by atoms with E-state index in [0.29, 0.717) is 36.1 Å². The molecule has 1 aliphatic rings. The second-order valence-corrected chi connectivity index (χ2v) is 6.91. The van der Waals surface area contributed by atoms with Gasteiger partial charge >= 0.3 is 0 Å². The fourth-order valence-corrected chi connectivity index (χ4v) is 3.58. The number of Topliss-reactive ketones (excluding diaryl/α,β-unsaturated/α-hetero) is 1. The number of hydrogen-bond acceptors (Lipinski definition) is 4. The monoisotopic (exact) mass is 376 g/mol. The summed E-state index contributed by atoms with van der Waals surface area (Å²) in [7, 11) is 0. The van der Waals surface area contributed by atoms with Crippen LogP contribution in [0.5, 0.6) is 0 Å². The van der Waals surface area contributed by atoms with Crippen LogP contribution in [0.2, 0.25) is 0 Å². The minimum Gasteiger partial charge on any atom is -0.335 e. The lowest BCUT2D eigenvalue weighted by Gasteiger charge is -2.39. The fourth-order valence-electron chi connectivity index (χ4n) is 3.58. The Morgan fingerprint density at radius 2 is 1.71 bits per heavy atom. The van der Waals surface area contributed by atoms with Gasteiger partial charge in [-0.3, -0.25) is 19.5 Å². The molecule has 1 aliphatic heterocycles. The van der Waals surface area contributed by atoms with Crippen LogP contribution in [0.1, 0.15) is 27.8 Å². The zero-order valence-electron chi connectivity index (χ0n) is 15.5. The van der Waals surface area contributed by atoms with Gasteiger partial charge in [0, 0.05) is 36.6 Å². The van der Waals surface area contributed by atoms with Crippen molar-refractivity contribution in [2.24, 2.45) is 0 Å². The highest BCUT2D eigenvalue weighted by Crippen LogP contribution is 2.19. The van der Waals surface area contributed by atoms with Crippen molar-refractivity contribution in [3.8, 4) is 0 Å². The summed E-state index contributed by atoms with van der Waals surface area (Å²) in [5, 5.41) is 7.45. The number of piperazine rings is 1. The number of aromatic amines is 1. The van der Waals surface area contributed by atoms with Gasteiger partial charge in [0.15, 0.2) is 0 Å². The minimum absolute atomic E-state index is 0.0656. The van der Waals surface area contributed by atoms with Crippen molar-refractivity contribution in [1.82, 2.24) is 20.0 Å². The van der Waals surface area contributed by atoms with Gasteiger partial charge in [-0.05, 0) is 25.1 Å². The number of nitrogens with zero attached hydrogens (tertiary/aromatic N) is 3. The first kappa shape index (κ1) is 17.9. The normalized spacial score (nSPS) is 17.0. The summed E-state index contributed by atoms with van der Waals surface area (Å²) in [6.07, 6.45) is 0. The number of ketones is 1. The highest BCUT2D eigenvalue weighted by molar-refractivity contribution is 6.44. The molecule has 1 aromatic heterocycles. The zero-order valence-corrected chi connectivity index (χ0v) is 15.5. The molecule has 1 N–H and O–H groups in total. The van der Waals surface area contributed by atoms with Gasteiger partial charge in [0.2, 0.25) is 0 Å². The number of benzene rings is 2. The summed E-state index contributed by atoms with van der Waals surface area (Å²) in [4.78, 5) is 41.4. The van der Waals surface area contributed by atoms with Crippen LogP contribution in [0.25, 0.3) is 10.9 Å². The molecule has 0 bridgehead atoms. The number of fused-ring (bicyclic) bond motifs is 1. The number of aromatic nitrogens is 2. The molecule has 1 saturated heterocycles. The van der Waals surface area contributed by atoms with Crippen LogP contribution < -0.4 is 0 Å². The molecule has 4 rings (SSSR count). The Bertz CT molecular complexity index is 1040. The van der Waals surface area contributed by atoms with Crippen LogP contribution >= 0.6 is 0 Å². The molecule has 2 aromatic carbocycles. The van der Waals surface area contributed by atoms with Crippen molar-refractivity contribution in [3.05, 3.63) is 65.9 Å². The average Bonchev–Trinajstić information content (AvgIpc) is 3.17. The third-order valence-corrected chi connectivity index (χ3v) is 5.08. The van der Waals surface area contributed by atoms with Crippen molar-refractivity contribution in [2.75, 3.05) is 19.6 Å². The Balaban J connectivity index is 1.48. The molecule has 7 nitrogen and oxygen atoms in total. The third-order valence-electron chi connectivity index (χ3n) is 5.08. The van der Waals surface area contributed by atoms with E-state index in [1.54, 1.807) is 35.2 Å². The summed E-state index contributed by atoms with van der Waals surface area (Å²) >= 11 is 0. The minimum atomic E-state index is -0.632. The number of amides is 2. The Labute approximate surface area is 161 Å². The van der Waals surface area contributed by atoms with Crippen LogP contribution in [-0.2, 0) is 4.79 Å². The van der Waals surface area contributed by atoms with E-state index in [-0.39, 0.29) is 17.6 Å². The molecule has 0 radical (unpaired) electrons. The fraction of sp³-hybridized carbons (Fsp3) is 0.238. The third kappa shape index (κ3) is 3.15. The topological polar surface area (TPSA) is 86.4 Å². The molecule has 1 fully saturated rings. The van der Waals surface area contributed by atoms with Crippen LogP contribution in [0, 0.1) is 0 Å². The van der Waals surface area contributed by atoms with Gasteiger partial charge in [-0.25, -0.2) is 0 Å². The molecule has 0 aliphatic carbocycles. The summed E-state index contributed by atoms with van der Waals surface area (Å²) in [6.45, 7) is 2.93. The van der Waals surface area contributed by atoms with Gasteiger partial charge in [-0.1, -0.05) is 36.4 Å². The van der Waals surface area contributed by atoms with Gasteiger partial charge in [0.25, 0.3) is 17.6 Å². The van der Waals surface area contributed by atoms with Gasteiger partial charge in [-0.15, -0.1) is 0 Å². The van der Waals surface area contributed by atoms with E-state index in [4.69, 9.17) is 0 Å². The maximum Gasteiger partial charge on any atom is 0.297 e. The maximum atomic E-state index is 12.8. The molecule has 0 spiro atoms. The van der Waals surface area contributed by atoms with Crippen LogP contribution in [0.3, 0.4) is 0 Å². The molecule has 2 heterocycles. The SMILES string of the molecule is C[C@@H]1CN(C(=O)c2ccccc2)CCN1C(=O)C(=O)c1n[nH]c2ccccc12. The van der Waals surface area contributed by atoms with E-state index >= 15 is 0 Å². The number of rotatable bonds is 3. The molecule has 0 saturated carbocycles. The number of hydrogen-bond donors (Lipinski definition) is 1. The molecule has 3 aromatic rings. The average molecular weight is 376 g/mol. The second kappa shape index (κ2) is 7.26. The first-order valence-corrected chi connectivity index (χ1v) is 9.19. The summed E-state index contributed by atoms with van der Waals surface area (Å²) < 4.78 is 0. The Morgan fingerprint density at radius 1 is 1.00 bits per heavy atom. The number of para-hydroxylation sites is 1. The summed E-state index contributed by atoms with van der Waals surface area (Å²) in [5.41, 5.74) is 1.47. The highest BCUT2D eigenvalue weighted by atomic mass is 16.2. The Morgan fingerprint density at radius 3 is 2.46 bits per heavy atom. The largest absolute Gasteiger partial charge is 0.335 e. The van der Waals surface area contributed by atoms with Crippen molar-refractivity contribution in [2.45, 2.75) is 13.0 Å². The molecule has 28 heavy (non-hydrogen) atoms. The van der Waals surface area contributed by atoms with Gasteiger partial charge in [-0.2, -0.15) is 5.10 Å². The van der Waals surface area contributed by atoms with E-state index in [0.717, 1.165) is 0 Å². The van der Waals surface area contributed by atoms with Crippen LogP contribution in [-0.4, -0.2) is 63.3 Å². The second-order valence-electron chi connectivity index (χ2n) is 6.91. The number of carbonyl (C=O) groups excluding carboxylic acids is 3. The smallest absolute Gasteiger partial charge is 0.297 e. The molecule has 1 atom stereocenters. The highest BCUT2D eigenvalue weighted by Gasteiger charge is 2.34. The van der Waals surface area contributed by atoms with Crippen molar-refractivity contribution >= 4 is 28.5 Å². The van der Waals surface area contributed by atoms with Crippen molar-refractivity contribution in [1.29, 1.82) is 0 Å². The number of carbonyl (C=O) groups is 3. The van der Waals surface area contributed by atoms with Crippen LogP contribution in [0.15, 0.2) is 54.6 Å².